The summed E-state index contributed by atoms with van der Waals surface area (Å²) < 4.78 is 16.2. The van der Waals surface area contributed by atoms with Gasteiger partial charge in [0.15, 0.2) is 0 Å². The van der Waals surface area contributed by atoms with Crippen molar-refractivity contribution in [1.29, 1.82) is 0 Å². The smallest absolute Gasteiger partial charge is 0.320 e. The van der Waals surface area contributed by atoms with Gasteiger partial charge >= 0.3 is 5.97 Å². The van der Waals surface area contributed by atoms with E-state index in [1.165, 1.54) is 12.8 Å². The van der Waals surface area contributed by atoms with Gasteiger partial charge in [0, 0.05) is 24.7 Å². The molecule has 1 saturated heterocycles. The number of aliphatic hydroxyl groups excluding tert-OH is 1. The molecule has 0 saturated carbocycles. The number of ether oxygens (including phenoxy) is 3. The van der Waals surface area contributed by atoms with Crippen molar-refractivity contribution in [3.8, 4) is 11.5 Å². The van der Waals surface area contributed by atoms with Gasteiger partial charge in [-0.2, -0.15) is 0 Å². The van der Waals surface area contributed by atoms with Crippen LogP contribution in [0.4, 0.5) is 0 Å². The van der Waals surface area contributed by atoms with E-state index in [0.717, 1.165) is 18.7 Å². The van der Waals surface area contributed by atoms with Gasteiger partial charge in [0.25, 0.3) is 0 Å². The van der Waals surface area contributed by atoms with E-state index in [4.69, 9.17) is 14.2 Å². The van der Waals surface area contributed by atoms with Crippen molar-refractivity contribution in [3.05, 3.63) is 23.8 Å². The number of esters is 1. The lowest BCUT2D eigenvalue weighted by atomic mass is 10.1. The molecule has 1 aliphatic heterocycles. The van der Waals surface area contributed by atoms with Gasteiger partial charge in [0.05, 0.1) is 20.3 Å². The van der Waals surface area contributed by atoms with Gasteiger partial charge in [-0.25, -0.2) is 0 Å². The van der Waals surface area contributed by atoms with Crippen LogP contribution in [-0.2, 0) is 16.1 Å². The Bertz CT molecular complexity index is 590. The maximum Gasteiger partial charge on any atom is 0.320 e. The summed E-state index contributed by atoms with van der Waals surface area (Å²) in [6.45, 7) is 5.83. The van der Waals surface area contributed by atoms with Crippen molar-refractivity contribution in [2.24, 2.45) is 0 Å². The van der Waals surface area contributed by atoms with E-state index < -0.39 is 6.10 Å². The Kier molecular flexibility index (Phi) is 8.84. The van der Waals surface area contributed by atoms with Crippen LogP contribution >= 0.6 is 0 Å². The molecular weight excluding hydrogens is 348 g/mol. The normalized spacial score (nSPS) is 15.7. The van der Waals surface area contributed by atoms with E-state index >= 15 is 0 Å². The number of benzene rings is 1. The second-order valence-electron chi connectivity index (χ2n) is 6.92. The molecule has 1 aliphatic rings. The maximum atomic E-state index is 11.7. The number of hydrogen-bond donors (Lipinski definition) is 1. The van der Waals surface area contributed by atoms with Crippen LogP contribution in [0.15, 0.2) is 18.2 Å². The van der Waals surface area contributed by atoms with Gasteiger partial charge in [-0.05, 0) is 46.0 Å². The summed E-state index contributed by atoms with van der Waals surface area (Å²) in [6, 6.07) is 5.60. The van der Waals surface area contributed by atoms with Crippen molar-refractivity contribution in [3.63, 3.8) is 0 Å². The third-order valence-corrected chi connectivity index (χ3v) is 4.52. The first-order chi connectivity index (χ1) is 13.0. The number of rotatable bonds is 11. The Labute approximate surface area is 161 Å². The van der Waals surface area contributed by atoms with Crippen molar-refractivity contribution < 1.29 is 24.1 Å². The average molecular weight is 380 g/mol. The standard InChI is InChI=1S/C20H32N2O5/c1-4-26-20(24)14-21(2)12-16-7-8-18(25-3)11-19(16)27-15-17(23)13-22-9-5-6-10-22/h7-8,11,17,23H,4-6,9-10,12-15H2,1-3H3. The molecule has 1 atom stereocenters. The van der Waals surface area contributed by atoms with Crippen molar-refractivity contribution in [2.75, 3.05) is 53.6 Å². The molecular formula is C20H32N2O5. The van der Waals surface area contributed by atoms with Crippen molar-refractivity contribution in [2.45, 2.75) is 32.4 Å². The molecule has 1 aromatic carbocycles. The van der Waals surface area contributed by atoms with E-state index in [2.05, 4.69) is 4.90 Å². The van der Waals surface area contributed by atoms with Gasteiger partial charge in [-0.3, -0.25) is 9.69 Å². The van der Waals surface area contributed by atoms with E-state index in [-0.39, 0.29) is 19.1 Å². The zero-order valence-electron chi connectivity index (χ0n) is 16.6. The van der Waals surface area contributed by atoms with E-state index in [9.17, 15) is 9.90 Å². The monoisotopic (exact) mass is 380 g/mol. The van der Waals surface area contributed by atoms with E-state index in [1.807, 2.05) is 30.1 Å². The number of methoxy groups -OCH3 is 1. The summed E-state index contributed by atoms with van der Waals surface area (Å²) in [7, 11) is 3.46. The highest BCUT2D eigenvalue weighted by Crippen LogP contribution is 2.26. The summed E-state index contributed by atoms with van der Waals surface area (Å²) in [4.78, 5) is 15.8. The van der Waals surface area contributed by atoms with Crippen LogP contribution in [0.5, 0.6) is 11.5 Å². The van der Waals surface area contributed by atoms with E-state index in [0.29, 0.717) is 31.2 Å². The average Bonchev–Trinajstić information content (AvgIpc) is 3.13. The molecule has 7 nitrogen and oxygen atoms in total. The molecule has 1 heterocycles. The molecule has 0 radical (unpaired) electrons. The molecule has 0 aliphatic carbocycles. The molecule has 0 spiro atoms. The number of aliphatic hydroxyl groups is 1. The topological polar surface area (TPSA) is 71.5 Å². The molecule has 1 unspecified atom stereocenters. The Morgan fingerprint density at radius 2 is 2.07 bits per heavy atom. The molecule has 1 N–H and O–H groups in total. The third-order valence-electron chi connectivity index (χ3n) is 4.52. The summed E-state index contributed by atoms with van der Waals surface area (Å²) in [5.41, 5.74) is 0.927. The maximum absolute atomic E-state index is 11.7. The van der Waals surface area contributed by atoms with Gasteiger partial charge in [-0.1, -0.05) is 6.07 Å². The third kappa shape index (κ3) is 7.36. The largest absolute Gasteiger partial charge is 0.497 e. The Hall–Kier alpha value is -1.83. The number of carbonyl (C=O) groups is 1. The van der Waals surface area contributed by atoms with Crippen LogP contribution in [-0.4, -0.2) is 80.5 Å². The van der Waals surface area contributed by atoms with Crippen LogP contribution in [0.2, 0.25) is 0 Å². The van der Waals surface area contributed by atoms with Gasteiger partial charge < -0.3 is 24.2 Å². The predicted octanol–water partition coefficient (Wildman–Crippen LogP) is 1.53. The Balaban J connectivity index is 1.94. The first-order valence-corrected chi connectivity index (χ1v) is 9.56. The molecule has 1 aromatic rings. The number of nitrogens with zero attached hydrogens (tertiary/aromatic N) is 2. The second kappa shape index (κ2) is 11.1. The number of likely N-dealkylation sites (tertiary alicyclic amines) is 1. The Morgan fingerprint density at radius 1 is 1.33 bits per heavy atom. The highest BCUT2D eigenvalue weighted by molar-refractivity contribution is 5.71. The minimum absolute atomic E-state index is 0.205. The lowest BCUT2D eigenvalue weighted by Gasteiger charge is -2.22. The van der Waals surface area contributed by atoms with Crippen LogP contribution in [0, 0.1) is 0 Å². The fraction of sp³-hybridized carbons (Fsp3) is 0.650. The van der Waals surface area contributed by atoms with E-state index in [1.54, 1.807) is 14.0 Å². The minimum atomic E-state index is -0.542. The molecule has 152 valence electrons. The molecule has 7 heteroatoms. The summed E-state index contributed by atoms with van der Waals surface area (Å²) in [5.74, 6) is 1.10. The first kappa shape index (κ1) is 21.5. The highest BCUT2D eigenvalue weighted by Gasteiger charge is 2.17. The van der Waals surface area contributed by atoms with Crippen LogP contribution < -0.4 is 9.47 Å². The van der Waals surface area contributed by atoms with Crippen LogP contribution in [0.25, 0.3) is 0 Å². The molecule has 0 aromatic heterocycles. The van der Waals surface area contributed by atoms with Gasteiger partial charge in [0.1, 0.15) is 24.2 Å². The van der Waals surface area contributed by atoms with Crippen molar-refractivity contribution >= 4 is 5.97 Å². The van der Waals surface area contributed by atoms with Crippen LogP contribution in [0.1, 0.15) is 25.3 Å². The quantitative estimate of drug-likeness (QED) is 0.584. The Morgan fingerprint density at radius 3 is 2.74 bits per heavy atom. The molecule has 1 fully saturated rings. The molecule has 2 rings (SSSR count). The first-order valence-electron chi connectivity index (χ1n) is 9.56. The van der Waals surface area contributed by atoms with Crippen LogP contribution in [0.3, 0.4) is 0 Å². The minimum Gasteiger partial charge on any atom is -0.497 e. The molecule has 0 bridgehead atoms. The number of likely N-dealkylation sites (N-methyl/N-ethyl adjacent to an activating group) is 1. The highest BCUT2D eigenvalue weighted by atomic mass is 16.5. The fourth-order valence-electron chi connectivity index (χ4n) is 3.20. The fourth-order valence-corrected chi connectivity index (χ4v) is 3.20. The number of β-amino-alcohol motifs (C(OH)–C–C–N with tert-alkyl or cyclic N) is 1. The SMILES string of the molecule is CCOC(=O)CN(C)Cc1ccc(OC)cc1OCC(O)CN1CCCC1. The van der Waals surface area contributed by atoms with Gasteiger partial charge in [-0.15, -0.1) is 0 Å². The van der Waals surface area contributed by atoms with Gasteiger partial charge in [0.2, 0.25) is 0 Å². The molecule has 0 amide bonds. The summed E-state index contributed by atoms with van der Waals surface area (Å²) >= 11 is 0. The molecule has 27 heavy (non-hydrogen) atoms. The second-order valence-corrected chi connectivity index (χ2v) is 6.92. The number of carbonyl (C=O) groups excluding carboxylic acids is 1. The zero-order valence-corrected chi connectivity index (χ0v) is 16.6. The lowest BCUT2D eigenvalue weighted by Crippen LogP contribution is -2.34. The lowest BCUT2D eigenvalue weighted by molar-refractivity contribution is -0.144. The zero-order chi connectivity index (χ0) is 19.6. The number of hydrogen-bond acceptors (Lipinski definition) is 7. The predicted molar refractivity (Wildman–Crippen MR) is 103 cm³/mol. The summed E-state index contributed by atoms with van der Waals surface area (Å²) in [5, 5.41) is 10.3. The van der Waals surface area contributed by atoms with Crippen molar-refractivity contribution in [1.82, 2.24) is 9.80 Å². The summed E-state index contributed by atoms with van der Waals surface area (Å²) in [6.07, 6.45) is 1.85.